The molecule has 0 unspecified atom stereocenters. The van der Waals surface area contributed by atoms with Gasteiger partial charge in [0.2, 0.25) is 5.95 Å². The largest absolute Gasteiger partial charge is 0.353 e. The average Bonchev–Trinajstić information content (AvgIpc) is 3.11. The predicted molar refractivity (Wildman–Crippen MR) is 73.8 cm³/mol. The van der Waals surface area contributed by atoms with Crippen molar-refractivity contribution in [2.24, 2.45) is 0 Å². The zero-order valence-corrected chi connectivity index (χ0v) is 10.8. The highest BCUT2D eigenvalue weighted by Gasteiger charge is 2.22. The molecule has 18 heavy (non-hydrogen) atoms. The summed E-state index contributed by atoms with van der Waals surface area (Å²) in [5.74, 6) is 1.00. The summed E-state index contributed by atoms with van der Waals surface area (Å²) in [6.07, 6.45) is 7.56. The Morgan fingerprint density at radius 3 is 2.78 bits per heavy atom. The molecule has 0 aliphatic heterocycles. The lowest BCUT2D eigenvalue weighted by Crippen LogP contribution is -2.10. The van der Waals surface area contributed by atoms with E-state index in [2.05, 4.69) is 52.3 Å². The number of hydrogen-bond acceptors (Lipinski definition) is 2. The van der Waals surface area contributed by atoms with Gasteiger partial charge < -0.3 is 9.88 Å². The number of imidazole rings is 1. The molecule has 0 bridgehead atoms. The summed E-state index contributed by atoms with van der Waals surface area (Å²) < 4.78 is 2.20. The lowest BCUT2D eigenvalue weighted by Gasteiger charge is -2.12. The highest BCUT2D eigenvalue weighted by molar-refractivity contribution is 5.33. The van der Waals surface area contributed by atoms with Crippen LogP contribution in [0.15, 0.2) is 36.7 Å². The highest BCUT2D eigenvalue weighted by atomic mass is 15.2. The van der Waals surface area contributed by atoms with Crippen molar-refractivity contribution < 1.29 is 0 Å². The summed E-state index contributed by atoms with van der Waals surface area (Å²) in [7, 11) is 0. The van der Waals surface area contributed by atoms with E-state index in [0.29, 0.717) is 6.04 Å². The third-order valence-electron chi connectivity index (χ3n) is 3.47. The first kappa shape index (κ1) is 11.3. The number of aryl methyl sites for hydroxylation is 1. The van der Waals surface area contributed by atoms with Crippen molar-refractivity contribution >= 4 is 5.95 Å². The molecule has 3 heteroatoms. The SMILES string of the molecule is CCc1ccccc1Cn1ccnc1NC1CC1. The minimum atomic E-state index is 0.646. The van der Waals surface area contributed by atoms with Crippen LogP contribution in [-0.4, -0.2) is 15.6 Å². The maximum absolute atomic E-state index is 4.40. The molecule has 1 N–H and O–H groups in total. The fraction of sp³-hybridized carbons (Fsp3) is 0.400. The Hall–Kier alpha value is -1.77. The molecule has 94 valence electrons. The van der Waals surface area contributed by atoms with Crippen LogP contribution in [-0.2, 0) is 13.0 Å². The van der Waals surface area contributed by atoms with Gasteiger partial charge in [0, 0.05) is 18.4 Å². The molecule has 3 rings (SSSR count). The van der Waals surface area contributed by atoms with Gasteiger partial charge in [-0.3, -0.25) is 0 Å². The maximum Gasteiger partial charge on any atom is 0.203 e. The van der Waals surface area contributed by atoms with Crippen LogP contribution in [0.2, 0.25) is 0 Å². The summed E-state index contributed by atoms with van der Waals surface area (Å²) in [6, 6.07) is 9.28. The van der Waals surface area contributed by atoms with Crippen molar-refractivity contribution in [1.29, 1.82) is 0 Å². The number of benzene rings is 1. The Bertz CT molecular complexity index is 526. The van der Waals surface area contributed by atoms with Gasteiger partial charge in [0.15, 0.2) is 0 Å². The van der Waals surface area contributed by atoms with Gasteiger partial charge in [0.1, 0.15) is 0 Å². The summed E-state index contributed by atoms with van der Waals surface area (Å²) in [4.78, 5) is 4.40. The molecule has 0 saturated heterocycles. The van der Waals surface area contributed by atoms with Gasteiger partial charge in [-0.1, -0.05) is 31.2 Å². The second-order valence-corrected chi connectivity index (χ2v) is 4.92. The van der Waals surface area contributed by atoms with E-state index in [0.717, 1.165) is 18.9 Å². The zero-order chi connectivity index (χ0) is 12.4. The molecule has 2 aromatic rings. The second-order valence-electron chi connectivity index (χ2n) is 4.92. The number of nitrogens with one attached hydrogen (secondary N) is 1. The molecule has 1 aromatic heterocycles. The molecule has 0 amide bonds. The Morgan fingerprint density at radius 1 is 1.28 bits per heavy atom. The standard InChI is InChI=1S/C15H19N3/c1-2-12-5-3-4-6-13(12)11-18-10-9-16-15(18)17-14-7-8-14/h3-6,9-10,14H,2,7-8,11H2,1H3,(H,16,17). The van der Waals surface area contributed by atoms with Crippen LogP contribution in [0.1, 0.15) is 30.9 Å². The molecule has 1 saturated carbocycles. The number of anilines is 1. The third kappa shape index (κ3) is 2.40. The molecular formula is C15H19N3. The number of aromatic nitrogens is 2. The third-order valence-corrected chi connectivity index (χ3v) is 3.47. The van der Waals surface area contributed by atoms with Crippen molar-refractivity contribution in [3.05, 3.63) is 47.8 Å². The van der Waals surface area contributed by atoms with Gasteiger partial charge in [-0.05, 0) is 30.4 Å². The van der Waals surface area contributed by atoms with Crippen LogP contribution in [0.3, 0.4) is 0 Å². The van der Waals surface area contributed by atoms with E-state index in [9.17, 15) is 0 Å². The molecule has 1 aromatic carbocycles. The molecule has 3 nitrogen and oxygen atoms in total. The first-order valence-corrected chi connectivity index (χ1v) is 6.71. The summed E-state index contributed by atoms with van der Waals surface area (Å²) in [5.41, 5.74) is 2.81. The van der Waals surface area contributed by atoms with E-state index in [1.54, 1.807) is 0 Å². The Labute approximate surface area is 108 Å². The summed E-state index contributed by atoms with van der Waals surface area (Å²) in [6.45, 7) is 3.11. The summed E-state index contributed by atoms with van der Waals surface area (Å²) >= 11 is 0. The van der Waals surface area contributed by atoms with Crippen LogP contribution in [0.5, 0.6) is 0 Å². The monoisotopic (exact) mass is 241 g/mol. The number of rotatable bonds is 5. The van der Waals surface area contributed by atoms with E-state index in [4.69, 9.17) is 0 Å². The average molecular weight is 241 g/mol. The molecule has 1 aliphatic carbocycles. The van der Waals surface area contributed by atoms with Crippen molar-refractivity contribution in [2.45, 2.75) is 38.8 Å². The van der Waals surface area contributed by atoms with Crippen molar-refractivity contribution in [1.82, 2.24) is 9.55 Å². The Kier molecular flexibility index (Phi) is 3.05. The van der Waals surface area contributed by atoms with Crippen LogP contribution < -0.4 is 5.32 Å². The highest BCUT2D eigenvalue weighted by Crippen LogP contribution is 2.24. The van der Waals surface area contributed by atoms with Gasteiger partial charge in [0.05, 0.1) is 6.54 Å². The van der Waals surface area contributed by atoms with Crippen molar-refractivity contribution in [2.75, 3.05) is 5.32 Å². The molecule has 0 atom stereocenters. The first-order chi connectivity index (χ1) is 8.86. The lowest BCUT2D eigenvalue weighted by molar-refractivity contribution is 0.786. The Balaban J connectivity index is 1.80. The van der Waals surface area contributed by atoms with Gasteiger partial charge >= 0.3 is 0 Å². The fourth-order valence-electron chi connectivity index (χ4n) is 2.23. The molecule has 0 radical (unpaired) electrons. The normalized spacial score (nSPS) is 14.7. The van der Waals surface area contributed by atoms with E-state index in [1.807, 2.05) is 6.20 Å². The fourth-order valence-corrected chi connectivity index (χ4v) is 2.23. The van der Waals surface area contributed by atoms with Gasteiger partial charge in [-0.2, -0.15) is 0 Å². The maximum atomic E-state index is 4.40. The first-order valence-electron chi connectivity index (χ1n) is 6.71. The zero-order valence-electron chi connectivity index (χ0n) is 10.8. The van der Waals surface area contributed by atoms with Crippen LogP contribution in [0, 0.1) is 0 Å². The quantitative estimate of drug-likeness (QED) is 0.872. The number of nitrogens with zero attached hydrogens (tertiary/aromatic N) is 2. The number of hydrogen-bond donors (Lipinski definition) is 1. The Morgan fingerprint density at radius 2 is 2.06 bits per heavy atom. The van der Waals surface area contributed by atoms with Crippen LogP contribution >= 0.6 is 0 Å². The van der Waals surface area contributed by atoms with Gasteiger partial charge in [-0.25, -0.2) is 4.98 Å². The summed E-state index contributed by atoms with van der Waals surface area (Å²) in [5, 5.41) is 3.47. The van der Waals surface area contributed by atoms with E-state index in [1.165, 1.54) is 24.0 Å². The lowest BCUT2D eigenvalue weighted by atomic mass is 10.1. The minimum absolute atomic E-state index is 0.646. The topological polar surface area (TPSA) is 29.9 Å². The van der Waals surface area contributed by atoms with E-state index >= 15 is 0 Å². The second kappa shape index (κ2) is 4.84. The van der Waals surface area contributed by atoms with Crippen molar-refractivity contribution in [3.8, 4) is 0 Å². The molecule has 0 spiro atoms. The smallest absolute Gasteiger partial charge is 0.203 e. The van der Waals surface area contributed by atoms with E-state index in [-0.39, 0.29) is 0 Å². The minimum Gasteiger partial charge on any atom is -0.353 e. The molecule has 1 aliphatic rings. The van der Waals surface area contributed by atoms with Crippen molar-refractivity contribution in [3.63, 3.8) is 0 Å². The molecule has 1 fully saturated rings. The molecular weight excluding hydrogens is 222 g/mol. The van der Waals surface area contributed by atoms with Gasteiger partial charge in [-0.15, -0.1) is 0 Å². The van der Waals surface area contributed by atoms with E-state index < -0.39 is 0 Å². The van der Waals surface area contributed by atoms with Gasteiger partial charge in [0.25, 0.3) is 0 Å². The predicted octanol–water partition coefficient (Wildman–Crippen LogP) is 3.07. The molecule has 1 heterocycles. The van der Waals surface area contributed by atoms with Crippen LogP contribution in [0.25, 0.3) is 0 Å². The van der Waals surface area contributed by atoms with Crippen LogP contribution in [0.4, 0.5) is 5.95 Å².